The largest absolute Gasteiger partial charge is 0.325 e. The summed E-state index contributed by atoms with van der Waals surface area (Å²) in [6.45, 7) is 3.55. The van der Waals surface area contributed by atoms with E-state index in [1.165, 1.54) is 0 Å². The van der Waals surface area contributed by atoms with Crippen LogP contribution in [0.5, 0.6) is 0 Å². The van der Waals surface area contributed by atoms with Crippen molar-refractivity contribution in [3.63, 3.8) is 0 Å². The first-order valence-corrected chi connectivity index (χ1v) is 7.49. The predicted molar refractivity (Wildman–Crippen MR) is 73.9 cm³/mol. The molecule has 0 saturated carbocycles. The molecule has 1 aromatic carbocycles. The van der Waals surface area contributed by atoms with Gasteiger partial charge in [0.2, 0.25) is 5.91 Å². The van der Waals surface area contributed by atoms with Crippen LogP contribution in [0.15, 0.2) is 30.3 Å². The second-order valence-electron chi connectivity index (χ2n) is 4.57. The van der Waals surface area contributed by atoms with Crippen LogP contribution in [0.4, 0.5) is 5.69 Å². The number of anilines is 1. The van der Waals surface area contributed by atoms with Crippen LogP contribution in [-0.4, -0.2) is 34.2 Å². The molecule has 2 rings (SSSR count). The first-order valence-electron chi connectivity index (χ1n) is 6.10. The Kier molecular flexibility index (Phi) is 4.49. The molecule has 2 N–H and O–H groups in total. The molecule has 1 amide bonds. The highest BCUT2D eigenvalue weighted by Crippen LogP contribution is 2.11. The number of benzene rings is 1. The summed E-state index contributed by atoms with van der Waals surface area (Å²) in [6, 6.07) is 9.25. The molecule has 1 aliphatic rings. The number of para-hydroxylation sites is 1. The third-order valence-electron chi connectivity index (χ3n) is 3.07. The van der Waals surface area contributed by atoms with E-state index in [-0.39, 0.29) is 5.91 Å². The molecule has 0 aliphatic carbocycles. The highest BCUT2D eigenvalue weighted by molar-refractivity contribution is 7.86. The third kappa shape index (κ3) is 3.40. The fourth-order valence-electron chi connectivity index (χ4n) is 1.73. The topological polar surface area (TPSA) is 58.2 Å². The molecule has 0 spiro atoms. The lowest BCUT2D eigenvalue weighted by atomic mass is 10.1. The van der Waals surface area contributed by atoms with E-state index in [9.17, 15) is 9.00 Å². The van der Waals surface area contributed by atoms with Crippen LogP contribution in [0.3, 0.4) is 0 Å². The van der Waals surface area contributed by atoms with Gasteiger partial charge in [0.25, 0.3) is 0 Å². The van der Waals surface area contributed by atoms with Gasteiger partial charge in [-0.15, -0.1) is 0 Å². The molecule has 1 saturated heterocycles. The molecular formula is C13H18N2O2S. The van der Waals surface area contributed by atoms with Crippen LogP contribution in [0.2, 0.25) is 0 Å². The van der Waals surface area contributed by atoms with Crippen LogP contribution < -0.4 is 10.6 Å². The minimum absolute atomic E-state index is 0.174. The molecule has 0 aromatic heterocycles. The van der Waals surface area contributed by atoms with Gasteiger partial charge >= 0.3 is 0 Å². The van der Waals surface area contributed by atoms with E-state index in [0.717, 1.165) is 18.8 Å². The van der Waals surface area contributed by atoms with E-state index in [1.54, 1.807) is 6.92 Å². The van der Waals surface area contributed by atoms with E-state index >= 15 is 0 Å². The summed E-state index contributed by atoms with van der Waals surface area (Å²) in [6.07, 6.45) is 0. The SMILES string of the molecule is CC(C(=O)Nc1ccccc1)S(=O)CC1CNC1. The quantitative estimate of drug-likeness (QED) is 0.835. The maximum atomic E-state index is 12.0. The molecule has 2 unspecified atom stereocenters. The average molecular weight is 266 g/mol. The first kappa shape index (κ1) is 13.2. The lowest BCUT2D eigenvalue weighted by Gasteiger charge is -2.27. The Morgan fingerprint density at radius 2 is 2.11 bits per heavy atom. The molecule has 0 radical (unpaired) electrons. The Morgan fingerprint density at radius 3 is 2.67 bits per heavy atom. The van der Waals surface area contributed by atoms with Crippen molar-refractivity contribution in [2.24, 2.45) is 5.92 Å². The van der Waals surface area contributed by atoms with Crippen molar-refractivity contribution in [3.8, 4) is 0 Å². The normalized spacial score (nSPS) is 18.7. The van der Waals surface area contributed by atoms with Crippen molar-refractivity contribution in [1.82, 2.24) is 5.32 Å². The molecule has 4 nitrogen and oxygen atoms in total. The van der Waals surface area contributed by atoms with Gasteiger partial charge in [-0.25, -0.2) is 0 Å². The minimum Gasteiger partial charge on any atom is -0.325 e. The van der Waals surface area contributed by atoms with Crippen LogP contribution in [-0.2, 0) is 15.6 Å². The van der Waals surface area contributed by atoms with E-state index in [2.05, 4.69) is 10.6 Å². The zero-order valence-corrected chi connectivity index (χ0v) is 11.2. The molecule has 0 bridgehead atoms. The minimum atomic E-state index is -1.10. The molecule has 18 heavy (non-hydrogen) atoms. The molecule has 1 fully saturated rings. The Bertz CT molecular complexity index is 432. The number of rotatable bonds is 5. The van der Waals surface area contributed by atoms with Gasteiger partial charge in [0.05, 0.1) is 0 Å². The van der Waals surface area contributed by atoms with E-state index in [0.29, 0.717) is 11.7 Å². The fraction of sp³-hybridized carbons (Fsp3) is 0.462. The van der Waals surface area contributed by atoms with E-state index in [4.69, 9.17) is 0 Å². The molecule has 98 valence electrons. The van der Waals surface area contributed by atoms with Gasteiger partial charge in [-0.3, -0.25) is 9.00 Å². The summed E-state index contributed by atoms with van der Waals surface area (Å²) in [5.74, 6) is 0.890. The van der Waals surface area contributed by atoms with E-state index in [1.807, 2.05) is 30.3 Å². The molecule has 1 aliphatic heterocycles. The highest BCUT2D eigenvalue weighted by Gasteiger charge is 2.25. The summed E-state index contributed by atoms with van der Waals surface area (Å²) in [5, 5.41) is 5.46. The smallest absolute Gasteiger partial charge is 0.239 e. The first-order chi connectivity index (χ1) is 8.66. The predicted octanol–water partition coefficient (Wildman–Crippen LogP) is 0.982. The van der Waals surface area contributed by atoms with Gasteiger partial charge < -0.3 is 10.6 Å². The molecule has 5 heteroatoms. The molecular weight excluding hydrogens is 248 g/mol. The number of hydrogen-bond acceptors (Lipinski definition) is 3. The molecule has 2 atom stereocenters. The van der Waals surface area contributed by atoms with Crippen molar-refractivity contribution in [1.29, 1.82) is 0 Å². The zero-order valence-electron chi connectivity index (χ0n) is 10.4. The lowest BCUT2D eigenvalue weighted by Crippen LogP contribution is -2.46. The van der Waals surface area contributed by atoms with Crippen molar-refractivity contribution in [2.45, 2.75) is 12.2 Å². The summed E-state index contributed by atoms with van der Waals surface area (Å²) in [4.78, 5) is 11.9. The standard InChI is InChI=1S/C13H18N2O2S/c1-10(18(17)9-11-7-14-8-11)13(16)15-12-5-3-2-4-6-12/h2-6,10-11,14H,7-9H2,1H3,(H,15,16). The number of carbonyl (C=O) groups excluding carboxylic acids is 1. The third-order valence-corrected chi connectivity index (χ3v) is 4.87. The van der Waals surface area contributed by atoms with Crippen molar-refractivity contribution in [3.05, 3.63) is 30.3 Å². The monoisotopic (exact) mass is 266 g/mol. The fourth-order valence-corrected chi connectivity index (χ4v) is 3.01. The van der Waals surface area contributed by atoms with Gasteiger partial charge in [0, 0.05) is 35.3 Å². The number of amides is 1. The second kappa shape index (κ2) is 6.11. The summed E-state index contributed by atoms with van der Waals surface area (Å²) in [7, 11) is -1.10. The molecule has 1 heterocycles. The summed E-state index contributed by atoms with van der Waals surface area (Å²) < 4.78 is 12.0. The van der Waals surface area contributed by atoms with Crippen molar-refractivity contribution in [2.75, 3.05) is 24.2 Å². The molecule has 1 aromatic rings. The maximum Gasteiger partial charge on any atom is 0.239 e. The zero-order chi connectivity index (χ0) is 13.0. The Labute approximate surface area is 110 Å². The Balaban J connectivity index is 1.85. The summed E-state index contributed by atoms with van der Waals surface area (Å²) >= 11 is 0. The highest BCUT2D eigenvalue weighted by atomic mass is 32.2. The Hall–Kier alpha value is -1.20. The number of hydrogen-bond donors (Lipinski definition) is 2. The van der Waals surface area contributed by atoms with Gasteiger partial charge in [-0.1, -0.05) is 18.2 Å². The van der Waals surface area contributed by atoms with Gasteiger partial charge in [0.15, 0.2) is 0 Å². The summed E-state index contributed by atoms with van der Waals surface area (Å²) in [5.41, 5.74) is 0.747. The van der Waals surface area contributed by atoms with Gasteiger partial charge in [-0.05, 0) is 25.0 Å². The number of nitrogens with one attached hydrogen (secondary N) is 2. The van der Waals surface area contributed by atoms with Crippen LogP contribution in [0, 0.1) is 5.92 Å². The second-order valence-corrected chi connectivity index (χ2v) is 6.37. The van der Waals surface area contributed by atoms with Crippen molar-refractivity contribution >= 4 is 22.4 Å². The van der Waals surface area contributed by atoms with Crippen LogP contribution >= 0.6 is 0 Å². The maximum absolute atomic E-state index is 12.0. The van der Waals surface area contributed by atoms with Crippen LogP contribution in [0.1, 0.15) is 6.92 Å². The average Bonchev–Trinajstić information content (AvgIpc) is 2.33. The van der Waals surface area contributed by atoms with Gasteiger partial charge in [-0.2, -0.15) is 0 Å². The lowest BCUT2D eigenvalue weighted by molar-refractivity contribution is -0.115. The Morgan fingerprint density at radius 1 is 1.44 bits per heavy atom. The van der Waals surface area contributed by atoms with Crippen molar-refractivity contribution < 1.29 is 9.00 Å². The van der Waals surface area contributed by atoms with Crippen LogP contribution in [0.25, 0.3) is 0 Å². The number of carbonyl (C=O) groups is 1. The van der Waals surface area contributed by atoms with E-state index < -0.39 is 16.0 Å². The van der Waals surface area contributed by atoms with Gasteiger partial charge in [0.1, 0.15) is 5.25 Å².